The summed E-state index contributed by atoms with van der Waals surface area (Å²) in [6, 6.07) is 0. The maximum absolute atomic E-state index is 11.9. The summed E-state index contributed by atoms with van der Waals surface area (Å²) in [5.74, 6) is -3.46. The SMILES string of the molecule is CCC(C)C(=O)OCCOC(=O)C1CC=CCC1C(=O)O. The van der Waals surface area contributed by atoms with Crippen LogP contribution in [0.3, 0.4) is 0 Å². The largest absolute Gasteiger partial charge is 0.481 e. The molecule has 3 unspecified atom stereocenters. The van der Waals surface area contributed by atoms with Crippen molar-refractivity contribution < 1.29 is 29.0 Å². The topological polar surface area (TPSA) is 89.9 Å². The van der Waals surface area contributed by atoms with E-state index in [0.29, 0.717) is 19.3 Å². The van der Waals surface area contributed by atoms with E-state index in [4.69, 9.17) is 14.6 Å². The van der Waals surface area contributed by atoms with Gasteiger partial charge in [0.05, 0.1) is 17.8 Å². The minimum absolute atomic E-state index is 0.00475. The van der Waals surface area contributed by atoms with Crippen LogP contribution >= 0.6 is 0 Å². The van der Waals surface area contributed by atoms with E-state index < -0.39 is 23.8 Å². The van der Waals surface area contributed by atoms with Crippen molar-refractivity contribution in [1.82, 2.24) is 0 Å². The van der Waals surface area contributed by atoms with Gasteiger partial charge in [-0.25, -0.2) is 0 Å². The highest BCUT2D eigenvalue weighted by molar-refractivity contribution is 5.81. The number of rotatable bonds is 7. The highest BCUT2D eigenvalue weighted by Gasteiger charge is 2.35. The second-order valence-corrected chi connectivity index (χ2v) is 5.14. The van der Waals surface area contributed by atoms with Crippen molar-refractivity contribution >= 4 is 17.9 Å². The molecule has 118 valence electrons. The van der Waals surface area contributed by atoms with E-state index in [0.717, 1.165) is 0 Å². The molecule has 0 bridgehead atoms. The Labute approximate surface area is 124 Å². The molecule has 1 rings (SSSR count). The van der Waals surface area contributed by atoms with Gasteiger partial charge in [-0.05, 0) is 19.3 Å². The average Bonchev–Trinajstić information content (AvgIpc) is 2.50. The lowest BCUT2D eigenvalue weighted by molar-refractivity contribution is -0.161. The van der Waals surface area contributed by atoms with Crippen LogP contribution < -0.4 is 0 Å². The van der Waals surface area contributed by atoms with Gasteiger partial charge in [-0.1, -0.05) is 26.0 Å². The fraction of sp³-hybridized carbons (Fsp3) is 0.667. The number of carboxylic acid groups (broad SMARTS) is 1. The van der Waals surface area contributed by atoms with Gasteiger partial charge in [0, 0.05) is 0 Å². The number of esters is 2. The van der Waals surface area contributed by atoms with Gasteiger partial charge in [-0.3, -0.25) is 14.4 Å². The lowest BCUT2D eigenvalue weighted by Crippen LogP contribution is -2.33. The Morgan fingerprint density at radius 3 is 2.29 bits per heavy atom. The van der Waals surface area contributed by atoms with Gasteiger partial charge in [0.2, 0.25) is 0 Å². The number of carboxylic acids is 1. The zero-order valence-electron chi connectivity index (χ0n) is 12.4. The standard InChI is InChI=1S/C15H22O6/c1-3-10(2)14(18)20-8-9-21-15(19)12-7-5-4-6-11(12)13(16)17/h4-5,10-12H,3,6-9H2,1-2H3,(H,16,17). The Bertz CT molecular complexity index is 414. The zero-order valence-corrected chi connectivity index (χ0v) is 12.4. The summed E-state index contributed by atoms with van der Waals surface area (Å²) in [5, 5.41) is 9.08. The molecular formula is C15H22O6. The number of allylic oxidation sites excluding steroid dienone is 2. The number of hydrogen-bond donors (Lipinski definition) is 1. The van der Waals surface area contributed by atoms with Crippen LogP contribution in [-0.2, 0) is 23.9 Å². The van der Waals surface area contributed by atoms with Crippen LogP contribution in [0.2, 0.25) is 0 Å². The van der Waals surface area contributed by atoms with E-state index >= 15 is 0 Å². The van der Waals surface area contributed by atoms with Gasteiger partial charge in [0.15, 0.2) is 0 Å². The van der Waals surface area contributed by atoms with E-state index in [9.17, 15) is 14.4 Å². The Morgan fingerprint density at radius 2 is 1.71 bits per heavy atom. The quantitative estimate of drug-likeness (QED) is 0.438. The molecule has 0 aliphatic heterocycles. The van der Waals surface area contributed by atoms with Crippen LogP contribution in [0.4, 0.5) is 0 Å². The van der Waals surface area contributed by atoms with Crippen LogP contribution in [-0.4, -0.2) is 36.2 Å². The summed E-state index contributed by atoms with van der Waals surface area (Å²) < 4.78 is 9.97. The maximum atomic E-state index is 11.9. The fourth-order valence-corrected chi connectivity index (χ4v) is 2.05. The Kier molecular flexibility index (Phi) is 6.91. The minimum Gasteiger partial charge on any atom is -0.481 e. The minimum atomic E-state index is -0.996. The molecule has 1 N–H and O–H groups in total. The Balaban J connectivity index is 2.35. The Hall–Kier alpha value is -1.85. The summed E-state index contributed by atoms with van der Waals surface area (Å²) in [5.41, 5.74) is 0. The van der Waals surface area contributed by atoms with Crippen LogP contribution in [0.15, 0.2) is 12.2 Å². The molecule has 0 heterocycles. The maximum Gasteiger partial charge on any atom is 0.310 e. The first-order valence-corrected chi connectivity index (χ1v) is 7.18. The molecule has 1 aliphatic rings. The zero-order chi connectivity index (χ0) is 15.8. The third-order valence-electron chi connectivity index (χ3n) is 3.64. The van der Waals surface area contributed by atoms with Gasteiger partial charge in [-0.2, -0.15) is 0 Å². The van der Waals surface area contributed by atoms with Crippen molar-refractivity contribution in [2.45, 2.75) is 33.1 Å². The molecular weight excluding hydrogens is 276 g/mol. The van der Waals surface area contributed by atoms with Crippen LogP contribution in [0.5, 0.6) is 0 Å². The lowest BCUT2D eigenvalue weighted by atomic mass is 9.83. The molecule has 6 nitrogen and oxygen atoms in total. The van der Waals surface area contributed by atoms with Crippen molar-refractivity contribution in [2.24, 2.45) is 17.8 Å². The van der Waals surface area contributed by atoms with Crippen LogP contribution in [0.25, 0.3) is 0 Å². The summed E-state index contributed by atoms with van der Waals surface area (Å²) in [6.45, 7) is 3.59. The summed E-state index contributed by atoms with van der Waals surface area (Å²) in [4.78, 5) is 34.4. The van der Waals surface area contributed by atoms with Gasteiger partial charge in [0.25, 0.3) is 0 Å². The van der Waals surface area contributed by atoms with Gasteiger partial charge >= 0.3 is 17.9 Å². The molecule has 0 aromatic heterocycles. The molecule has 0 radical (unpaired) electrons. The monoisotopic (exact) mass is 298 g/mol. The predicted molar refractivity (Wildman–Crippen MR) is 74.4 cm³/mol. The lowest BCUT2D eigenvalue weighted by Gasteiger charge is -2.23. The molecule has 6 heteroatoms. The summed E-state index contributed by atoms with van der Waals surface area (Å²) in [6.07, 6.45) is 4.93. The van der Waals surface area contributed by atoms with Crippen molar-refractivity contribution in [3.63, 3.8) is 0 Å². The first kappa shape index (κ1) is 17.2. The van der Waals surface area contributed by atoms with Crippen molar-refractivity contribution in [3.8, 4) is 0 Å². The molecule has 0 amide bonds. The van der Waals surface area contributed by atoms with Crippen LogP contribution in [0.1, 0.15) is 33.1 Å². The van der Waals surface area contributed by atoms with Crippen molar-refractivity contribution in [2.75, 3.05) is 13.2 Å². The molecule has 0 aromatic carbocycles. The number of aliphatic carboxylic acids is 1. The third-order valence-corrected chi connectivity index (χ3v) is 3.64. The first-order valence-electron chi connectivity index (χ1n) is 7.18. The molecule has 3 atom stereocenters. The van der Waals surface area contributed by atoms with Crippen LogP contribution in [0, 0.1) is 17.8 Å². The smallest absolute Gasteiger partial charge is 0.310 e. The second kappa shape index (κ2) is 8.44. The second-order valence-electron chi connectivity index (χ2n) is 5.14. The van der Waals surface area contributed by atoms with Gasteiger partial charge in [-0.15, -0.1) is 0 Å². The molecule has 0 aromatic rings. The molecule has 0 fully saturated rings. The van der Waals surface area contributed by atoms with E-state index in [2.05, 4.69) is 0 Å². The number of carbonyl (C=O) groups excluding carboxylic acids is 2. The first-order chi connectivity index (χ1) is 9.97. The molecule has 21 heavy (non-hydrogen) atoms. The van der Waals surface area contributed by atoms with Gasteiger partial charge in [0.1, 0.15) is 13.2 Å². The Morgan fingerprint density at radius 1 is 1.14 bits per heavy atom. The highest BCUT2D eigenvalue weighted by atomic mass is 16.6. The molecule has 0 saturated carbocycles. The summed E-state index contributed by atoms with van der Waals surface area (Å²) >= 11 is 0. The number of carbonyl (C=O) groups is 3. The molecule has 0 spiro atoms. The van der Waals surface area contributed by atoms with E-state index in [1.54, 1.807) is 19.1 Å². The highest BCUT2D eigenvalue weighted by Crippen LogP contribution is 2.26. The van der Waals surface area contributed by atoms with Crippen molar-refractivity contribution in [1.29, 1.82) is 0 Å². The predicted octanol–water partition coefficient (Wildman–Crippen LogP) is 1.79. The number of hydrogen-bond acceptors (Lipinski definition) is 5. The molecule has 0 saturated heterocycles. The number of ether oxygens (including phenoxy) is 2. The van der Waals surface area contributed by atoms with Crippen molar-refractivity contribution in [3.05, 3.63) is 12.2 Å². The third kappa shape index (κ3) is 5.21. The summed E-state index contributed by atoms with van der Waals surface area (Å²) in [7, 11) is 0. The van der Waals surface area contributed by atoms with E-state index in [1.807, 2.05) is 6.92 Å². The van der Waals surface area contributed by atoms with E-state index in [-0.39, 0.29) is 25.1 Å². The molecule has 1 aliphatic carbocycles. The fourth-order valence-electron chi connectivity index (χ4n) is 2.05. The van der Waals surface area contributed by atoms with Gasteiger partial charge < -0.3 is 14.6 Å². The normalized spacial score (nSPS) is 22.4. The van der Waals surface area contributed by atoms with E-state index in [1.165, 1.54) is 0 Å². The average molecular weight is 298 g/mol.